The van der Waals surface area contributed by atoms with Gasteiger partial charge in [-0.3, -0.25) is 9.78 Å². The lowest BCUT2D eigenvalue weighted by atomic mass is 10.0. The van der Waals surface area contributed by atoms with Gasteiger partial charge in [0.2, 0.25) is 0 Å². The first-order valence-corrected chi connectivity index (χ1v) is 10.7. The summed E-state index contributed by atoms with van der Waals surface area (Å²) in [5.74, 6) is -3.51. The molecule has 0 N–H and O–H groups in total. The van der Waals surface area contributed by atoms with Gasteiger partial charge in [0.15, 0.2) is 11.6 Å². The lowest BCUT2D eigenvalue weighted by Gasteiger charge is -2.41. The second-order valence-corrected chi connectivity index (χ2v) is 8.72. The van der Waals surface area contributed by atoms with E-state index in [1.165, 1.54) is 18.0 Å². The molecular weight excluding hydrogens is 465 g/mol. The number of hydrogen-bond donors (Lipinski definition) is 0. The number of pyridine rings is 1. The summed E-state index contributed by atoms with van der Waals surface area (Å²) in [6.45, 7) is 1.43. The third-order valence-corrected chi connectivity index (χ3v) is 6.91. The zero-order valence-corrected chi connectivity index (χ0v) is 18.1. The van der Waals surface area contributed by atoms with Crippen LogP contribution in [0.4, 0.5) is 23.7 Å². The highest BCUT2D eigenvalue weighted by Gasteiger charge is 2.50. The number of urea groups is 1. The highest BCUT2D eigenvalue weighted by molar-refractivity contribution is 8.09. The monoisotopic (exact) mass is 478 g/mol. The lowest BCUT2D eigenvalue weighted by Crippen LogP contribution is -2.62. The van der Waals surface area contributed by atoms with Gasteiger partial charge in [0.25, 0.3) is 5.91 Å². The summed E-state index contributed by atoms with van der Waals surface area (Å²) >= 11 is 7.13. The summed E-state index contributed by atoms with van der Waals surface area (Å²) in [6.07, 6.45) is 3.77. The smallest absolute Gasteiger partial charge is 0.315 e. The number of amides is 3. The van der Waals surface area contributed by atoms with Gasteiger partial charge in [-0.05, 0) is 25.1 Å². The van der Waals surface area contributed by atoms with Crippen molar-refractivity contribution in [3.8, 4) is 6.07 Å². The first kappa shape index (κ1) is 22.2. The van der Waals surface area contributed by atoms with Crippen LogP contribution >= 0.6 is 23.4 Å². The number of thioether (sulfide) groups is 1. The Morgan fingerprint density at radius 1 is 1.19 bits per heavy atom. The van der Waals surface area contributed by atoms with Crippen LogP contribution < -0.4 is 4.90 Å². The standard InChI is InChI=1S/C21H14ClF3N4O2S/c1-10-15(25)8-27-9-17(10)29-20(30)19-16(28(21(29)31)4-2-3-26)7-18(32-19)11-5-13(23)14(24)6-12(11)22/h5-9,16,19H,2,4H2,1H3. The van der Waals surface area contributed by atoms with Crippen molar-refractivity contribution in [2.75, 3.05) is 11.4 Å². The van der Waals surface area contributed by atoms with E-state index in [2.05, 4.69) is 4.98 Å². The van der Waals surface area contributed by atoms with E-state index in [4.69, 9.17) is 16.9 Å². The number of nitriles is 1. The summed E-state index contributed by atoms with van der Waals surface area (Å²) < 4.78 is 41.4. The molecule has 3 amide bonds. The largest absolute Gasteiger partial charge is 0.332 e. The molecule has 1 fully saturated rings. The van der Waals surface area contributed by atoms with Gasteiger partial charge in [0.05, 0.1) is 41.6 Å². The fourth-order valence-corrected chi connectivity index (χ4v) is 5.30. The lowest BCUT2D eigenvalue weighted by molar-refractivity contribution is -0.119. The highest BCUT2D eigenvalue weighted by Crippen LogP contribution is 2.47. The van der Waals surface area contributed by atoms with Gasteiger partial charge in [-0.15, -0.1) is 11.8 Å². The second-order valence-electron chi connectivity index (χ2n) is 7.13. The Hall–Kier alpha value is -3.03. The average Bonchev–Trinajstić information content (AvgIpc) is 3.19. The van der Waals surface area contributed by atoms with E-state index in [0.717, 1.165) is 35.0 Å². The number of nitrogens with zero attached hydrogens (tertiary/aromatic N) is 4. The minimum atomic E-state index is -1.11. The molecule has 4 rings (SSSR count). The van der Waals surface area contributed by atoms with E-state index >= 15 is 0 Å². The molecule has 11 heteroatoms. The Balaban J connectivity index is 1.78. The number of hydrogen-bond acceptors (Lipinski definition) is 5. The molecular formula is C21H14ClF3N4O2S. The molecule has 0 spiro atoms. The SMILES string of the molecule is Cc1c(F)cncc1N1C(=O)C2SC(c3cc(F)c(F)cc3Cl)=CC2N(CCC#N)C1=O. The van der Waals surface area contributed by atoms with Crippen LogP contribution in [0.25, 0.3) is 4.91 Å². The van der Waals surface area contributed by atoms with Gasteiger partial charge in [0, 0.05) is 22.6 Å². The number of imide groups is 1. The predicted octanol–water partition coefficient (Wildman–Crippen LogP) is 4.67. The Bertz CT molecular complexity index is 1220. The molecule has 2 aliphatic rings. The van der Waals surface area contributed by atoms with Gasteiger partial charge >= 0.3 is 6.03 Å². The Morgan fingerprint density at radius 3 is 2.62 bits per heavy atom. The molecule has 0 bridgehead atoms. The molecule has 2 aliphatic heterocycles. The van der Waals surface area contributed by atoms with Crippen molar-refractivity contribution in [3.63, 3.8) is 0 Å². The number of carbonyl (C=O) groups excluding carboxylic acids is 2. The fraction of sp³-hybridized carbons (Fsp3) is 0.238. The third-order valence-electron chi connectivity index (χ3n) is 5.25. The minimum absolute atomic E-state index is 0.000293. The van der Waals surface area contributed by atoms with Crippen LogP contribution in [-0.4, -0.2) is 39.7 Å². The summed E-state index contributed by atoms with van der Waals surface area (Å²) in [7, 11) is 0. The van der Waals surface area contributed by atoms with Crippen LogP contribution in [-0.2, 0) is 4.79 Å². The molecule has 1 saturated heterocycles. The Kier molecular flexibility index (Phi) is 5.88. The number of rotatable bonds is 4. The van der Waals surface area contributed by atoms with E-state index in [1.54, 1.807) is 6.08 Å². The molecule has 2 aromatic rings. The van der Waals surface area contributed by atoms with E-state index in [0.29, 0.717) is 4.91 Å². The number of halogens is 4. The number of anilines is 1. The van der Waals surface area contributed by atoms with E-state index in [9.17, 15) is 22.8 Å². The Labute approximate surface area is 190 Å². The highest BCUT2D eigenvalue weighted by atomic mass is 35.5. The molecule has 1 aromatic heterocycles. The molecule has 3 heterocycles. The molecule has 2 atom stereocenters. The fourth-order valence-electron chi connectivity index (χ4n) is 3.63. The maximum Gasteiger partial charge on any atom is 0.332 e. The van der Waals surface area contributed by atoms with Crippen molar-refractivity contribution < 1.29 is 22.8 Å². The second kappa shape index (κ2) is 8.48. The van der Waals surface area contributed by atoms with Crippen LogP contribution in [0, 0.1) is 35.7 Å². The molecule has 6 nitrogen and oxygen atoms in total. The van der Waals surface area contributed by atoms with Crippen LogP contribution in [0.5, 0.6) is 0 Å². The van der Waals surface area contributed by atoms with Crippen LogP contribution in [0.2, 0.25) is 5.02 Å². The normalized spacial score (nSPS) is 20.3. The predicted molar refractivity (Wildman–Crippen MR) is 113 cm³/mol. The van der Waals surface area contributed by atoms with E-state index in [1.807, 2.05) is 6.07 Å². The number of benzene rings is 1. The van der Waals surface area contributed by atoms with Crippen molar-refractivity contribution in [3.05, 3.63) is 64.2 Å². The topological polar surface area (TPSA) is 77.3 Å². The van der Waals surface area contributed by atoms with Gasteiger partial charge in [0.1, 0.15) is 11.1 Å². The molecule has 32 heavy (non-hydrogen) atoms. The summed E-state index contributed by atoms with van der Waals surface area (Å²) in [5.41, 5.74) is 0.251. The Morgan fingerprint density at radius 2 is 1.91 bits per heavy atom. The summed E-state index contributed by atoms with van der Waals surface area (Å²) in [5, 5.41) is 8.11. The van der Waals surface area contributed by atoms with Crippen molar-refractivity contribution in [2.45, 2.75) is 24.6 Å². The van der Waals surface area contributed by atoms with Gasteiger partial charge in [-0.1, -0.05) is 11.6 Å². The van der Waals surface area contributed by atoms with Crippen molar-refractivity contribution >= 4 is 45.9 Å². The number of fused-ring (bicyclic) bond motifs is 1. The summed E-state index contributed by atoms with van der Waals surface area (Å²) in [6, 6.07) is 2.25. The van der Waals surface area contributed by atoms with E-state index < -0.39 is 40.7 Å². The number of aromatic nitrogens is 1. The molecule has 1 aromatic carbocycles. The maximum atomic E-state index is 14.1. The van der Waals surface area contributed by atoms with Crippen LogP contribution in [0.3, 0.4) is 0 Å². The summed E-state index contributed by atoms with van der Waals surface area (Å²) in [4.78, 5) is 32.9. The maximum absolute atomic E-state index is 14.1. The first-order valence-electron chi connectivity index (χ1n) is 9.39. The van der Waals surface area contributed by atoms with Crippen molar-refractivity contribution in [1.82, 2.24) is 9.88 Å². The van der Waals surface area contributed by atoms with Crippen LogP contribution in [0.15, 0.2) is 30.6 Å². The quantitative estimate of drug-likeness (QED) is 0.597. The molecule has 0 saturated carbocycles. The zero-order valence-electron chi connectivity index (χ0n) is 16.5. The van der Waals surface area contributed by atoms with E-state index in [-0.39, 0.29) is 34.8 Å². The molecule has 2 unspecified atom stereocenters. The molecule has 0 aliphatic carbocycles. The zero-order chi connectivity index (χ0) is 23.2. The average molecular weight is 479 g/mol. The van der Waals surface area contributed by atoms with Gasteiger partial charge in [-0.2, -0.15) is 5.26 Å². The van der Waals surface area contributed by atoms with Crippen molar-refractivity contribution in [1.29, 1.82) is 5.26 Å². The van der Waals surface area contributed by atoms with Crippen LogP contribution in [0.1, 0.15) is 17.5 Å². The first-order chi connectivity index (χ1) is 15.2. The van der Waals surface area contributed by atoms with Gasteiger partial charge < -0.3 is 4.90 Å². The number of carbonyl (C=O) groups is 2. The van der Waals surface area contributed by atoms with Crippen molar-refractivity contribution in [2.24, 2.45) is 0 Å². The van der Waals surface area contributed by atoms with Gasteiger partial charge in [-0.25, -0.2) is 22.9 Å². The molecule has 0 radical (unpaired) electrons. The third kappa shape index (κ3) is 3.61. The minimum Gasteiger partial charge on any atom is -0.315 e. The molecule has 164 valence electrons.